The number of aromatic carboxylic acids is 1. The minimum atomic E-state index is -1.02. The number of aryl methyl sites for hydroxylation is 1. The summed E-state index contributed by atoms with van der Waals surface area (Å²) in [5, 5.41) is 30.3. The van der Waals surface area contributed by atoms with Gasteiger partial charge in [0.25, 0.3) is 0 Å². The molecule has 0 spiro atoms. The molecule has 0 radical (unpaired) electrons. The Morgan fingerprint density at radius 1 is 1.25 bits per heavy atom. The molecule has 1 aromatic rings. The lowest BCUT2D eigenvalue weighted by molar-refractivity contribution is 0.0572. The van der Waals surface area contributed by atoms with Gasteiger partial charge in [-0.25, -0.2) is 9.59 Å². The molecule has 0 saturated carbocycles. The fourth-order valence-electron chi connectivity index (χ4n) is 2.12. The molecule has 1 aliphatic heterocycles. The number of nitrogens with one attached hydrogen (secondary N) is 1. The Morgan fingerprint density at radius 2 is 1.85 bits per heavy atom. The minimum absolute atomic E-state index is 0.0686. The van der Waals surface area contributed by atoms with Gasteiger partial charge in [0.2, 0.25) is 0 Å². The zero-order chi connectivity index (χ0) is 14.9. The first-order chi connectivity index (χ1) is 9.38. The highest BCUT2D eigenvalue weighted by Crippen LogP contribution is 2.17. The van der Waals surface area contributed by atoms with E-state index in [2.05, 4.69) is 5.32 Å². The summed E-state index contributed by atoms with van der Waals surface area (Å²) >= 11 is 0. The second-order valence-corrected chi connectivity index (χ2v) is 4.80. The standard InChI is InChI=1S/C13H16N2O5/c1-7-4-8(2-3-9(7)12(18)19)14-13(20)15-5-10(16)11(17)6-15/h2-4,10-11,16-17H,5-6H2,1H3,(H,14,20)(H,18,19). The molecular formula is C13H16N2O5. The molecule has 1 saturated heterocycles. The van der Waals surface area contributed by atoms with Crippen molar-refractivity contribution in [1.82, 2.24) is 4.90 Å². The number of carboxylic acids is 1. The van der Waals surface area contributed by atoms with Gasteiger partial charge in [0.05, 0.1) is 30.9 Å². The van der Waals surface area contributed by atoms with E-state index in [-0.39, 0.29) is 18.7 Å². The highest BCUT2D eigenvalue weighted by atomic mass is 16.4. The number of nitrogens with zero attached hydrogens (tertiary/aromatic N) is 1. The highest BCUT2D eigenvalue weighted by Gasteiger charge is 2.32. The van der Waals surface area contributed by atoms with Gasteiger partial charge in [0, 0.05) is 5.69 Å². The van der Waals surface area contributed by atoms with Crippen LogP contribution in [0.3, 0.4) is 0 Å². The van der Waals surface area contributed by atoms with Crippen molar-refractivity contribution in [2.45, 2.75) is 19.1 Å². The van der Waals surface area contributed by atoms with Gasteiger partial charge in [-0.3, -0.25) is 0 Å². The normalized spacial score (nSPS) is 21.9. The van der Waals surface area contributed by atoms with Crippen molar-refractivity contribution in [2.75, 3.05) is 18.4 Å². The molecule has 1 aromatic carbocycles. The van der Waals surface area contributed by atoms with Gasteiger partial charge in [0.15, 0.2) is 0 Å². The van der Waals surface area contributed by atoms with Crippen LogP contribution in [0.4, 0.5) is 10.5 Å². The largest absolute Gasteiger partial charge is 0.478 e. The fraction of sp³-hybridized carbons (Fsp3) is 0.385. The number of carbonyl (C=O) groups is 2. The molecule has 7 heteroatoms. The van der Waals surface area contributed by atoms with Crippen molar-refractivity contribution >= 4 is 17.7 Å². The summed E-state index contributed by atoms with van der Waals surface area (Å²) in [4.78, 5) is 24.1. The number of aliphatic hydroxyl groups excluding tert-OH is 2. The second-order valence-electron chi connectivity index (χ2n) is 4.80. The van der Waals surface area contributed by atoms with E-state index in [4.69, 9.17) is 5.11 Å². The van der Waals surface area contributed by atoms with Gasteiger partial charge >= 0.3 is 12.0 Å². The minimum Gasteiger partial charge on any atom is -0.478 e. The van der Waals surface area contributed by atoms with Crippen molar-refractivity contribution in [2.24, 2.45) is 0 Å². The third-order valence-corrected chi connectivity index (χ3v) is 3.25. The van der Waals surface area contributed by atoms with Gasteiger partial charge < -0.3 is 25.5 Å². The average Bonchev–Trinajstić information content (AvgIpc) is 2.69. The summed E-state index contributed by atoms with van der Waals surface area (Å²) in [6.45, 7) is 1.78. The maximum Gasteiger partial charge on any atom is 0.335 e. The summed E-state index contributed by atoms with van der Waals surface area (Å²) in [5.74, 6) is -1.02. The smallest absolute Gasteiger partial charge is 0.335 e. The van der Waals surface area contributed by atoms with Crippen molar-refractivity contribution in [3.8, 4) is 0 Å². The van der Waals surface area contributed by atoms with Crippen LogP contribution in [0.2, 0.25) is 0 Å². The zero-order valence-corrected chi connectivity index (χ0v) is 10.9. The Kier molecular flexibility index (Phi) is 3.91. The molecule has 2 amide bonds. The Bertz CT molecular complexity index is 536. The summed E-state index contributed by atoms with van der Waals surface area (Å²) in [6, 6.07) is 4.03. The molecule has 2 unspecified atom stereocenters. The SMILES string of the molecule is Cc1cc(NC(=O)N2CC(O)C(O)C2)ccc1C(=O)O. The van der Waals surface area contributed by atoms with Gasteiger partial charge in [0.1, 0.15) is 0 Å². The van der Waals surface area contributed by atoms with Crippen LogP contribution in [0.15, 0.2) is 18.2 Å². The highest BCUT2D eigenvalue weighted by molar-refractivity contribution is 5.93. The Hall–Kier alpha value is -2.12. The predicted octanol–water partition coefficient (Wildman–Crippen LogP) is 0.263. The molecule has 1 aliphatic rings. The number of benzene rings is 1. The van der Waals surface area contributed by atoms with Crippen molar-refractivity contribution < 1.29 is 24.9 Å². The molecule has 4 N–H and O–H groups in total. The van der Waals surface area contributed by atoms with Crippen LogP contribution in [0.1, 0.15) is 15.9 Å². The number of β-amino-alcohol motifs (C(OH)–C–C–N with tert-alkyl or cyclic N) is 2. The van der Waals surface area contributed by atoms with E-state index in [0.29, 0.717) is 11.3 Å². The third kappa shape index (κ3) is 2.89. The Balaban J connectivity index is 2.05. The molecule has 1 fully saturated rings. The number of likely N-dealkylation sites (tertiary alicyclic amines) is 1. The summed E-state index contributed by atoms with van der Waals surface area (Å²) in [6.07, 6.45) is -1.87. The van der Waals surface area contributed by atoms with Crippen LogP contribution >= 0.6 is 0 Å². The lowest BCUT2D eigenvalue weighted by Gasteiger charge is -2.16. The molecule has 20 heavy (non-hydrogen) atoms. The number of hydrogen-bond acceptors (Lipinski definition) is 4. The number of aliphatic hydroxyl groups is 2. The van der Waals surface area contributed by atoms with E-state index < -0.39 is 24.2 Å². The van der Waals surface area contributed by atoms with E-state index in [1.165, 1.54) is 17.0 Å². The van der Waals surface area contributed by atoms with Crippen molar-refractivity contribution in [1.29, 1.82) is 0 Å². The number of hydrogen-bond donors (Lipinski definition) is 4. The van der Waals surface area contributed by atoms with E-state index in [9.17, 15) is 19.8 Å². The third-order valence-electron chi connectivity index (χ3n) is 3.25. The molecule has 0 aromatic heterocycles. The van der Waals surface area contributed by atoms with E-state index in [1.54, 1.807) is 13.0 Å². The van der Waals surface area contributed by atoms with E-state index in [0.717, 1.165) is 0 Å². The molecule has 108 valence electrons. The van der Waals surface area contributed by atoms with E-state index in [1.807, 2.05) is 0 Å². The first-order valence-corrected chi connectivity index (χ1v) is 6.14. The van der Waals surface area contributed by atoms with Crippen LogP contribution in [0.5, 0.6) is 0 Å². The van der Waals surface area contributed by atoms with Crippen LogP contribution < -0.4 is 5.32 Å². The number of amides is 2. The summed E-state index contributed by atoms with van der Waals surface area (Å²) in [7, 11) is 0. The maximum atomic E-state index is 11.9. The topological polar surface area (TPSA) is 110 Å². The monoisotopic (exact) mass is 280 g/mol. The van der Waals surface area contributed by atoms with Crippen LogP contribution in [0.25, 0.3) is 0 Å². The number of anilines is 1. The number of carbonyl (C=O) groups excluding carboxylic acids is 1. The van der Waals surface area contributed by atoms with Gasteiger partial charge in [-0.2, -0.15) is 0 Å². The first-order valence-electron chi connectivity index (χ1n) is 6.14. The lowest BCUT2D eigenvalue weighted by atomic mass is 10.1. The van der Waals surface area contributed by atoms with Crippen molar-refractivity contribution in [3.63, 3.8) is 0 Å². The van der Waals surface area contributed by atoms with Gasteiger partial charge in [-0.15, -0.1) is 0 Å². The Morgan fingerprint density at radius 3 is 2.35 bits per heavy atom. The van der Waals surface area contributed by atoms with Crippen LogP contribution in [-0.2, 0) is 0 Å². The molecular weight excluding hydrogens is 264 g/mol. The second kappa shape index (κ2) is 5.48. The predicted molar refractivity (Wildman–Crippen MR) is 70.7 cm³/mol. The molecule has 1 heterocycles. The average molecular weight is 280 g/mol. The van der Waals surface area contributed by atoms with E-state index >= 15 is 0 Å². The maximum absolute atomic E-state index is 11.9. The molecule has 2 atom stereocenters. The van der Waals surface area contributed by atoms with Crippen LogP contribution in [-0.4, -0.2) is 57.5 Å². The number of urea groups is 1. The summed E-state index contributed by atoms with van der Waals surface area (Å²) < 4.78 is 0. The van der Waals surface area contributed by atoms with Crippen molar-refractivity contribution in [3.05, 3.63) is 29.3 Å². The Labute approximate surface area is 115 Å². The number of carboxylic acid groups (broad SMARTS) is 1. The lowest BCUT2D eigenvalue weighted by Crippen LogP contribution is -2.33. The number of rotatable bonds is 2. The zero-order valence-electron chi connectivity index (χ0n) is 10.9. The molecule has 7 nitrogen and oxygen atoms in total. The summed E-state index contributed by atoms with van der Waals surface area (Å²) in [5.41, 5.74) is 1.18. The van der Waals surface area contributed by atoms with Gasteiger partial charge in [-0.05, 0) is 30.7 Å². The van der Waals surface area contributed by atoms with Crippen LogP contribution in [0, 0.1) is 6.92 Å². The first kappa shape index (κ1) is 14.3. The quantitative estimate of drug-likeness (QED) is 0.621. The molecule has 0 aliphatic carbocycles. The van der Waals surface area contributed by atoms with Gasteiger partial charge in [-0.1, -0.05) is 0 Å². The molecule has 0 bridgehead atoms. The fourth-order valence-corrected chi connectivity index (χ4v) is 2.12. The molecule has 2 rings (SSSR count).